The normalized spacial score (nSPS) is 10.3. The summed E-state index contributed by atoms with van der Waals surface area (Å²) in [6.07, 6.45) is 2.62. The number of furan rings is 1. The fourth-order valence-electron chi connectivity index (χ4n) is 1.38. The van der Waals surface area contributed by atoms with Crippen molar-refractivity contribution in [3.63, 3.8) is 0 Å². The Bertz CT molecular complexity index is 583. The Balaban J connectivity index is 2.04. The number of hydrogen-bond donors (Lipinski definition) is 3. The third kappa shape index (κ3) is 3.16. The number of carbonyl (C=O) groups excluding carboxylic acids is 1. The molecule has 2 aromatic rings. The average molecular weight is 277 g/mol. The molecule has 8 nitrogen and oxygen atoms in total. The van der Waals surface area contributed by atoms with Gasteiger partial charge in [0.25, 0.3) is 0 Å². The molecule has 0 fully saturated rings. The Morgan fingerprint density at radius 1 is 1.45 bits per heavy atom. The average Bonchev–Trinajstić information content (AvgIpc) is 2.93. The SMILES string of the molecule is CC(C)Oc1ncnc(NNC(=O)c2ccco2)c1N. The quantitative estimate of drug-likeness (QED) is 0.703. The lowest BCUT2D eigenvalue weighted by Crippen LogP contribution is -2.30. The maximum Gasteiger partial charge on any atom is 0.305 e. The van der Waals surface area contributed by atoms with Crippen LogP contribution in [-0.2, 0) is 0 Å². The van der Waals surface area contributed by atoms with Crippen LogP contribution in [0.4, 0.5) is 11.5 Å². The van der Waals surface area contributed by atoms with E-state index in [1.165, 1.54) is 18.7 Å². The third-order valence-electron chi connectivity index (χ3n) is 2.23. The summed E-state index contributed by atoms with van der Waals surface area (Å²) >= 11 is 0. The highest BCUT2D eigenvalue weighted by Gasteiger charge is 2.12. The number of nitrogens with zero attached hydrogens (tertiary/aromatic N) is 2. The van der Waals surface area contributed by atoms with Crippen LogP contribution in [0.5, 0.6) is 5.88 Å². The molecule has 0 aliphatic carbocycles. The van der Waals surface area contributed by atoms with Gasteiger partial charge >= 0.3 is 5.91 Å². The third-order valence-corrected chi connectivity index (χ3v) is 2.23. The molecule has 0 saturated heterocycles. The molecule has 2 heterocycles. The number of ether oxygens (including phenoxy) is 1. The number of nitrogen functional groups attached to an aromatic ring is 1. The Morgan fingerprint density at radius 3 is 2.90 bits per heavy atom. The number of carbonyl (C=O) groups is 1. The number of amides is 1. The molecule has 4 N–H and O–H groups in total. The summed E-state index contributed by atoms with van der Waals surface area (Å²) in [6.45, 7) is 3.71. The Kier molecular flexibility index (Phi) is 4.04. The zero-order valence-corrected chi connectivity index (χ0v) is 11.1. The first-order valence-corrected chi connectivity index (χ1v) is 5.95. The smallest absolute Gasteiger partial charge is 0.305 e. The van der Waals surface area contributed by atoms with Crippen molar-refractivity contribution in [2.75, 3.05) is 11.2 Å². The van der Waals surface area contributed by atoms with Gasteiger partial charge in [0.15, 0.2) is 11.6 Å². The first kappa shape index (κ1) is 13.7. The first-order valence-electron chi connectivity index (χ1n) is 5.95. The number of nitrogens with two attached hydrogens (primary N) is 1. The van der Waals surface area contributed by atoms with E-state index in [4.69, 9.17) is 14.9 Å². The van der Waals surface area contributed by atoms with Crippen molar-refractivity contribution in [3.05, 3.63) is 30.5 Å². The summed E-state index contributed by atoms with van der Waals surface area (Å²) in [7, 11) is 0. The van der Waals surface area contributed by atoms with Crippen molar-refractivity contribution in [1.29, 1.82) is 0 Å². The number of rotatable bonds is 5. The van der Waals surface area contributed by atoms with Gasteiger partial charge in [-0.3, -0.25) is 15.6 Å². The van der Waals surface area contributed by atoms with E-state index in [-0.39, 0.29) is 29.2 Å². The molecular weight excluding hydrogens is 262 g/mol. The number of nitrogens with one attached hydrogen (secondary N) is 2. The minimum absolute atomic E-state index is 0.0715. The summed E-state index contributed by atoms with van der Waals surface area (Å²) in [5.41, 5.74) is 11.1. The molecule has 0 radical (unpaired) electrons. The number of aromatic nitrogens is 2. The lowest BCUT2D eigenvalue weighted by molar-refractivity contribution is 0.0935. The van der Waals surface area contributed by atoms with Crippen LogP contribution in [0.1, 0.15) is 24.4 Å². The second-order valence-electron chi connectivity index (χ2n) is 4.16. The zero-order chi connectivity index (χ0) is 14.5. The summed E-state index contributed by atoms with van der Waals surface area (Å²) < 4.78 is 10.4. The summed E-state index contributed by atoms with van der Waals surface area (Å²) in [4.78, 5) is 19.5. The number of hydrazine groups is 1. The maximum absolute atomic E-state index is 11.7. The van der Waals surface area contributed by atoms with Gasteiger partial charge in [0, 0.05) is 0 Å². The fraction of sp³-hybridized carbons (Fsp3) is 0.250. The van der Waals surface area contributed by atoms with E-state index in [2.05, 4.69) is 20.8 Å². The molecule has 0 bridgehead atoms. The molecule has 8 heteroatoms. The molecule has 2 aromatic heterocycles. The molecule has 2 rings (SSSR count). The van der Waals surface area contributed by atoms with Crippen LogP contribution < -0.4 is 21.3 Å². The molecule has 106 valence electrons. The summed E-state index contributed by atoms with van der Waals surface area (Å²) in [5.74, 6) is 0.225. The highest BCUT2D eigenvalue weighted by atomic mass is 16.5. The van der Waals surface area contributed by atoms with Gasteiger partial charge < -0.3 is 14.9 Å². The van der Waals surface area contributed by atoms with Crippen LogP contribution >= 0.6 is 0 Å². The molecule has 0 aromatic carbocycles. The Hall–Kier alpha value is -2.77. The van der Waals surface area contributed by atoms with Gasteiger partial charge in [0.05, 0.1) is 12.4 Å². The molecule has 0 saturated carbocycles. The van der Waals surface area contributed by atoms with Crippen LogP contribution in [0.2, 0.25) is 0 Å². The van der Waals surface area contributed by atoms with E-state index in [0.717, 1.165) is 0 Å². The molecule has 0 aliphatic rings. The maximum atomic E-state index is 11.7. The Morgan fingerprint density at radius 2 is 2.25 bits per heavy atom. The van der Waals surface area contributed by atoms with E-state index in [1.54, 1.807) is 6.07 Å². The highest BCUT2D eigenvalue weighted by Crippen LogP contribution is 2.24. The highest BCUT2D eigenvalue weighted by molar-refractivity contribution is 5.92. The van der Waals surface area contributed by atoms with Crippen molar-refractivity contribution >= 4 is 17.4 Å². The second kappa shape index (κ2) is 5.91. The van der Waals surface area contributed by atoms with Crippen LogP contribution in [0.15, 0.2) is 29.1 Å². The largest absolute Gasteiger partial charge is 0.473 e. The van der Waals surface area contributed by atoms with Crippen molar-refractivity contribution in [2.24, 2.45) is 0 Å². The molecule has 0 atom stereocenters. The van der Waals surface area contributed by atoms with Crippen LogP contribution in [0.25, 0.3) is 0 Å². The second-order valence-corrected chi connectivity index (χ2v) is 4.16. The lowest BCUT2D eigenvalue weighted by atomic mass is 10.4. The topological polar surface area (TPSA) is 115 Å². The molecular formula is C12H15N5O3. The fourth-order valence-corrected chi connectivity index (χ4v) is 1.38. The van der Waals surface area contributed by atoms with Crippen molar-refractivity contribution < 1.29 is 13.9 Å². The van der Waals surface area contributed by atoms with Gasteiger partial charge in [0.2, 0.25) is 5.88 Å². The summed E-state index contributed by atoms with van der Waals surface area (Å²) in [5, 5.41) is 0. The summed E-state index contributed by atoms with van der Waals surface area (Å²) in [6, 6.07) is 3.15. The number of anilines is 2. The first-order chi connectivity index (χ1) is 9.58. The standard InChI is InChI=1S/C12H15N5O3/c1-7(2)20-12-9(13)10(14-6-15-12)16-17-11(18)8-4-3-5-19-8/h3-7H,13H2,1-2H3,(H,17,18)(H,14,15,16). The van der Waals surface area contributed by atoms with Crippen molar-refractivity contribution in [3.8, 4) is 5.88 Å². The molecule has 20 heavy (non-hydrogen) atoms. The molecule has 0 aliphatic heterocycles. The molecule has 0 unspecified atom stereocenters. The van der Waals surface area contributed by atoms with E-state index in [9.17, 15) is 4.79 Å². The van der Waals surface area contributed by atoms with Crippen LogP contribution in [0, 0.1) is 0 Å². The zero-order valence-electron chi connectivity index (χ0n) is 11.1. The van der Waals surface area contributed by atoms with Gasteiger partial charge in [-0.25, -0.2) is 4.98 Å². The van der Waals surface area contributed by atoms with E-state index >= 15 is 0 Å². The predicted molar refractivity (Wildman–Crippen MR) is 72.0 cm³/mol. The van der Waals surface area contributed by atoms with Gasteiger partial charge in [-0.1, -0.05) is 0 Å². The van der Waals surface area contributed by atoms with Crippen molar-refractivity contribution in [1.82, 2.24) is 15.4 Å². The van der Waals surface area contributed by atoms with E-state index < -0.39 is 5.91 Å². The van der Waals surface area contributed by atoms with Crippen LogP contribution in [-0.4, -0.2) is 22.0 Å². The van der Waals surface area contributed by atoms with Crippen LogP contribution in [0.3, 0.4) is 0 Å². The minimum atomic E-state index is -0.445. The predicted octanol–water partition coefficient (Wildman–Crippen LogP) is 1.20. The molecule has 1 amide bonds. The van der Waals surface area contributed by atoms with Gasteiger partial charge in [-0.2, -0.15) is 4.98 Å². The monoisotopic (exact) mass is 277 g/mol. The van der Waals surface area contributed by atoms with Gasteiger partial charge in [-0.05, 0) is 26.0 Å². The number of hydrogen-bond acceptors (Lipinski definition) is 7. The van der Waals surface area contributed by atoms with Gasteiger partial charge in [-0.15, -0.1) is 0 Å². The molecule has 0 spiro atoms. The lowest BCUT2D eigenvalue weighted by Gasteiger charge is -2.13. The van der Waals surface area contributed by atoms with Crippen molar-refractivity contribution in [2.45, 2.75) is 20.0 Å². The van der Waals surface area contributed by atoms with E-state index in [0.29, 0.717) is 0 Å². The Labute approximate surface area is 115 Å². The van der Waals surface area contributed by atoms with Gasteiger partial charge in [0.1, 0.15) is 12.0 Å². The minimum Gasteiger partial charge on any atom is -0.473 e. The van der Waals surface area contributed by atoms with E-state index in [1.807, 2.05) is 13.8 Å².